The van der Waals surface area contributed by atoms with Crippen LogP contribution in [0, 0.1) is 25.7 Å². The fourth-order valence-corrected chi connectivity index (χ4v) is 10.1. The van der Waals surface area contributed by atoms with Crippen molar-refractivity contribution in [1.82, 2.24) is 15.0 Å². The van der Waals surface area contributed by atoms with Crippen LogP contribution in [0.5, 0.6) is 0 Å². The van der Waals surface area contributed by atoms with Gasteiger partial charge in [-0.1, -0.05) is 105 Å². The fraction of sp³-hybridized carbons (Fsp3) is 0.385. The van der Waals surface area contributed by atoms with Gasteiger partial charge in [-0.15, -0.1) is 35.8 Å². The van der Waals surface area contributed by atoms with Gasteiger partial charge in [-0.2, -0.15) is 39.5 Å². The molecule has 0 saturated carbocycles. The van der Waals surface area contributed by atoms with E-state index in [4.69, 9.17) is 0 Å². The summed E-state index contributed by atoms with van der Waals surface area (Å²) in [6, 6.07) is 19.5. The number of allylic oxidation sites excluding steroid dienone is 7. The molecule has 0 bridgehead atoms. The molecule has 4 rings (SSSR count). The number of hydroxylamine groups is 2. The molecular formula is C52H62F9IN3O5PS2. The highest BCUT2D eigenvalue weighted by molar-refractivity contribution is 14.1. The predicted octanol–water partition coefficient (Wildman–Crippen LogP) is 15.2. The molecule has 0 saturated heterocycles. The molecule has 402 valence electrons. The quantitative estimate of drug-likeness (QED) is 0.0327. The number of nitrogens with zero attached hydrogens (tertiary/aromatic N) is 3. The Morgan fingerprint density at radius 1 is 0.753 bits per heavy atom. The van der Waals surface area contributed by atoms with Gasteiger partial charge in [0.2, 0.25) is 5.91 Å². The van der Waals surface area contributed by atoms with Gasteiger partial charge in [0.25, 0.3) is 0 Å². The minimum absolute atomic E-state index is 0.0321. The zero-order valence-corrected chi connectivity index (χ0v) is 46.4. The lowest BCUT2D eigenvalue weighted by Crippen LogP contribution is -2.30. The number of ketones is 1. The number of aliphatic hydroxyl groups is 1. The molecule has 0 aliphatic rings. The highest BCUT2D eigenvalue weighted by atomic mass is 127. The number of aliphatic hydroxyl groups excluding tert-OH is 1. The first-order valence-electron chi connectivity index (χ1n) is 22.3. The highest BCUT2D eigenvalue weighted by Gasteiger charge is 2.34. The van der Waals surface area contributed by atoms with Crippen LogP contribution < -0.4 is 10.6 Å². The number of aryl methyl sites for hydroxylation is 2. The van der Waals surface area contributed by atoms with Gasteiger partial charge in [-0.25, -0.2) is 15.0 Å². The first-order valence-corrected chi connectivity index (χ1v) is 27.0. The van der Waals surface area contributed by atoms with Crippen molar-refractivity contribution in [3.8, 4) is 0 Å². The van der Waals surface area contributed by atoms with Gasteiger partial charge in [0.05, 0.1) is 44.4 Å². The Kier molecular flexibility index (Phi) is 29.2. The summed E-state index contributed by atoms with van der Waals surface area (Å²) in [5, 5.41) is 18.5. The summed E-state index contributed by atoms with van der Waals surface area (Å²) >= 11 is 4.29. The van der Waals surface area contributed by atoms with Crippen LogP contribution in [-0.2, 0) is 25.2 Å². The summed E-state index contributed by atoms with van der Waals surface area (Å²) in [6.07, 6.45) is -6.75. The third-order valence-electron chi connectivity index (χ3n) is 10.3. The number of carbonyl (C=O) groups excluding carboxylic acids is 2. The molecule has 8 nitrogen and oxygen atoms in total. The van der Waals surface area contributed by atoms with E-state index in [9.17, 15) is 58.8 Å². The molecule has 2 heterocycles. The number of rotatable bonds is 19. The second-order valence-corrected chi connectivity index (χ2v) is 22.4. The number of alkyl halides is 9. The van der Waals surface area contributed by atoms with E-state index in [2.05, 4.69) is 28.0 Å². The number of halogens is 10. The largest absolute Gasteiger partial charge is 0.421 e. The summed E-state index contributed by atoms with van der Waals surface area (Å²) < 4.78 is 125. The van der Waals surface area contributed by atoms with E-state index in [1.54, 1.807) is 38.2 Å². The number of hydrogen-bond acceptors (Lipinski definition) is 9. The van der Waals surface area contributed by atoms with E-state index >= 15 is 0 Å². The van der Waals surface area contributed by atoms with Crippen LogP contribution in [0.2, 0.25) is 0 Å². The van der Waals surface area contributed by atoms with Crippen molar-refractivity contribution >= 4 is 80.8 Å². The van der Waals surface area contributed by atoms with Crippen LogP contribution in [0.15, 0.2) is 135 Å². The molecule has 0 aliphatic heterocycles. The summed E-state index contributed by atoms with van der Waals surface area (Å²) in [4.78, 5) is 35.6. The normalized spacial score (nSPS) is 14.0. The van der Waals surface area contributed by atoms with Gasteiger partial charge in [-0.05, 0) is 94.0 Å². The van der Waals surface area contributed by atoms with Crippen LogP contribution in [0.1, 0.15) is 81.2 Å². The molecule has 1 N–H and O–H groups in total. The Bertz CT molecular complexity index is 2480. The number of thiazole rings is 2. The zero-order valence-electron chi connectivity index (χ0n) is 41.7. The van der Waals surface area contributed by atoms with E-state index in [0.717, 1.165) is 49.6 Å². The van der Waals surface area contributed by atoms with E-state index < -0.39 is 52.4 Å². The lowest BCUT2D eigenvalue weighted by Gasteiger charge is -2.18. The topological polar surface area (TPSA) is 110 Å². The first kappa shape index (κ1) is 66.5. The minimum atomic E-state index is -4.39. The van der Waals surface area contributed by atoms with Crippen molar-refractivity contribution in [3.05, 3.63) is 157 Å². The monoisotopic (exact) mass is 1200 g/mol. The van der Waals surface area contributed by atoms with E-state index in [-0.39, 0.29) is 49.7 Å². The van der Waals surface area contributed by atoms with Crippen LogP contribution in [0.4, 0.5) is 39.5 Å². The Balaban J connectivity index is 0.000000493. The second-order valence-electron chi connectivity index (χ2n) is 16.3. The Hall–Kier alpha value is -4.47. The van der Waals surface area contributed by atoms with Gasteiger partial charge in [-0.3, -0.25) is 14.4 Å². The molecule has 2 aromatic heterocycles. The maximum atomic E-state index is 13.8. The van der Waals surface area contributed by atoms with Crippen LogP contribution in [0.3, 0.4) is 0 Å². The smallest absolute Gasteiger partial charge is 0.388 e. The molecule has 4 aromatic rings. The number of amides is 1. The van der Waals surface area contributed by atoms with E-state index in [1.807, 2.05) is 85.3 Å². The summed E-state index contributed by atoms with van der Waals surface area (Å²) in [5.41, 5.74) is 0.879. The van der Waals surface area contributed by atoms with Crippen molar-refractivity contribution in [2.45, 2.75) is 104 Å². The number of carbonyl (C=O) groups is 2. The van der Waals surface area contributed by atoms with Crippen molar-refractivity contribution in [2.75, 3.05) is 14.2 Å². The van der Waals surface area contributed by atoms with Crippen molar-refractivity contribution in [3.63, 3.8) is 0 Å². The van der Waals surface area contributed by atoms with Gasteiger partial charge >= 0.3 is 18.5 Å². The SMILES string of the molecule is C=CC/C(=C\C[C@H](C)C(C)=O)C(F)(F)F.C=CC/C(=C\C[C@H](O)/C(C)=C/c1csc(C)n1)C(F)(F)F.CON(C)C(=O)[C@@H](C)C/C=C(\I)C(F)(F)F.Cc1nc(CP(=O)(c2ccccc2)c2ccccc2)cs1. The predicted molar refractivity (Wildman–Crippen MR) is 286 cm³/mol. The number of hydrogen-bond donors (Lipinski definition) is 1. The third-order valence-corrected chi connectivity index (χ3v) is 16.0. The highest BCUT2D eigenvalue weighted by Crippen LogP contribution is 2.47. The Morgan fingerprint density at radius 2 is 1.21 bits per heavy atom. The second kappa shape index (κ2) is 32.1. The molecular weight excluding hydrogens is 1140 g/mol. The molecule has 0 radical (unpaired) electrons. The molecule has 1 amide bonds. The number of aromatic nitrogens is 2. The number of Topliss-reactive ketones (excluding diaryl/α,β-unsaturated/α-hetero) is 1. The average Bonchev–Trinajstić information content (AvgIpc) is 3.95. The molecule has 21 heteroatoms. The van der Waals surface area contributed by atoms with Gasteiger partial charge in [0.1, 0.15) is 12.9 Å². The molecule has 0 fully saturated rings. The van der Waals surface area contributed by atoms with Crippen molar-refractivity contribution < 1.29 is 63.6 Å². The Labute approximate surface area is 444 Å². The van der Waals surface area contributed by atoms with Crippen LogP contribution in [0.25, 0.3) is 6.08 Å². The van der Waals surface area contributed by atoms with Crippen molar-refractivity contribution in [2.24, 2.45) is 11.8 Å². The Morgan fingerprint density at radius 3 is 1.59 bits per heavy atom. The first-order chi connectivity index (χ1) is 33.9. The average molecular weight is 1200 g/mol. The maximum absolute atomic E-state index is 13.8. The fourth-order valence-electron chi connectivity index (χ4n) is 5.92. The van der Waals surface area contributed by atoms with Gasteiger partial charge < -0.3 is 9.67 Å². The zero-order chi connectivity index (χ0) is 55.7. The molecule has 0 aliphatic carbocycles. The van der Waals surface area contributed by atoms with Crippen LogP contribution in [-0.4, -0.2) is 70.6 Å². The minimum Gasteiger partial charge on any atom is -0.388 e. The summed E-state index contributed by atoms with van der Waals surface area (Å²) in [7, 11) is 0.0449. The van der Waals surface area contributed by atoms with Crippen LogP contribution >= 0.6 is 52.4 Å². The molecule has 73 heavy (non-hydrogen) atoms. The summed E-state index contributed by atoms with van der Waals surface area (Å²) in [5.74, 6) is -1.37. The van der Waals surface area contributed by atoms with Gasteiger partial charge in [0, 0.05) is 51.4 Å². The molecule has 0 unspecified atom stereocenters. The maximum Gasteiger partial charge on any atom is 0.421 e. The summed E-state index contributed by atoms with van der Waals surface area (Å²) in [6.45, 7) is 16.6. The molecule has 3 atom stereocenters. The van der Waals surface area contributed by atoms with Crippen molar-refractivity contribution in [1.29, 1.82) is 0 Å². The lowest BCUT2D eigenvalue weighted by atomic mass is 10.0. The molecule has 2 aromatic carbocycles. The number of benzene rings is 2. The van der Waals surface area contributed by atoms with E-state index in [0.29, 0.717) is 17.4 Å². The molecule has 0 spiro atoms. The third kappa shape index (κ3) is 25.1. The lowest BCUT2D eigenvalue weighted by molar-refractivity contribution is -0.172. The van der Waals surface area contributed by atoms with Gasteiger partial charge in [0.15, 0.2) is 0 Å². The van der Waals surface area contributed by atoms with E-state index in [1.165, 1.54) is 67.2 Å². The standard InChI is InChI=1S/C17H16NOPS.C15H18F3NOS.C11H15F3O.C9H13F3INO2/c1-14-18-15(13-21-14)12-20(19,16-8-4-2-5-9-16)17-10-6-3-7-11-17;1-4-5-12(15(16,17)18)6-7-14(20)10(2)8-13-9-21-11(3)19-13;1-4-5-10(11(12,13)14)7-6-8(2)9(3)15;1-6(8(15)14(2)16-3)4-5-7(13)9(10,11)12/h2-11,13H,12H2,1H3;4,6,8-9,14,20H,1,5,7H2,2-3H3;4,7-8H,1,5-6H2,2-3H3;5-6H,4H2,1-3H3/b;10-8+,12-6+;10-7+;7-5-/t;14-;8-;6-/m.000/s1.